The number of likely N-dealkylation sites (tertiary alicyclic amines) is 1. The summed E-state index contributed by atoms with van der Waals surface area (Å²) >= 11 is 0. The van der Waals surface area contributed by atoms with E-state index in [1.807, 2.05) is 31.3 Å². The summed E-state index contributed by atoms with van der Waals surface area (Å²) < 4.78 is 13.1. The molecule has 0 saturated carbocycles. The summed E-state index contributed by atoms with van der Waals surface area (Å²) in [5.41, 5.74) is 2.22. The number of benzene rings is 1. The number of aryl methyl sites for hydroxylation is 1. The largest absolute Gasteiger partial charge is 0.369 e. The molecular formula is C19H24FN5. The minimum atomic E-state index is -0.171. The normalized spacial score (nSPS) is 19.8. The summed E-state index contributed by atoms with van der Waals surface area (Å²) in [6.45, 7) is 9.23. The SMILES string of the molecule is Cc1nccc(CN2CC(N3CCN(c4ccc(F)cc4)CC3)C2)n1. The van der Waals surface area contributed by atoms with Crippen LogP contribution in [-0.4, -0.2) is 65.1 Å². The lowest BCUT2D eigenvalue weighted by molar-refractivity contribution is 0.0248. The van der Waals surface area contributed by atoms with Crippen molar-refractivity contribution in [2.24, 2.45) is 0 Å². The van der Waals surface area contributed by atoms with Gasteiger partial charge in [0.05, 0.1) is 5.69 Å². The number of aromatic nitrogens is 2. The second-order valence-corrected chi connectivity index (χ2v) is 6.94. The molecule has 5 nitrogen and oxygen atoms in total. The summed E-state index contributed by atoms with van der Waals surface area (Å²) in [5, 5.41) is 0. The van der Waals surface area contributed by atoms with Crippen molar-refractivity contribution in [3.63, 3.8) is 0 Å². The average Bonchev–Trinajstić information content (AvgIpc) is 2.59. The molecule has 3 heterocycles. The molecule has 2 aliphatic heterocycles. The highest BCUT2D eigenvalue weighted by atomic mass is 19.1. The van der Waals surface area contributed by atoms with Crippen LogP contribution in [0.3, 0.4) is 0 Å². The van der Waals surface area contributed by atoms with E-state index in [1.54, 1.807) is 12.1 Å². The fraction of sp³-hybridized carbons (Fsp3) is 0.474. The van der Waals surface area contributed by atoms with Crippen LogP contribution >= 0.6 is 0 Å². The highest BCUT2D eigenvalue weighted by Crippen LogP contribution is 2.22. The lowest BCUT2D eigenvalue weighted by atomic mass is 10.1. The molecule has 6 heteroatoms. The van der Waals surface area contributed by atoms with Gasteiger partial charge in [-0.15, -0.1) is 0 Å². The van der Waals surface area contributed by atoms with Crippen LogP contribution in [0.15, 0.2) is 36.5 Å². The van der Waals surface area contributed by atoms with Gasteiger partial charge in [0.15, 0.2) is 0 Å². The van der Waals surface area contributed by atoms with Crippen LogP contribution in [0.1, 0.15) is 11.5 Å². The van der Waals surface area contributed by atoms with Gasteiger partial charge in [0.25, 0.3) is 0 Å². The lowest BCUT2D eigenvalue weighted by Crippen LogP contribution is -2.62. The second-order valence-electron chi connectivity index (χ2n) is 6.94. The van der Waals surface area contributed by atoms with Crippen molar-refractivity contribution in [3.05, 3.63) is 53.9 Å². The molecule has 2 aliphatic rings. The number of hydrogen-bond donors (Lipinski definition) is 0. The van der Waals surface area contributed by atoms with E-state index in [0.29, 0.717) is 6.04 Å². The summed E-state index contributed by atoms with van der Waals surface area (Å²) in [5.74, 6) is 0.669. The van der Waals surface area contributed by atoms with Crippen LogP contribution in [0.2, 0.25) is 0 Å². The average molecular weight is 341 g/mol. The Morgan fingerprint density at radius 3 is 2.44 bits per heavy atom. The fourth-order valence-corrected chi connectivity index (χ4v) is 3.72. The van der Waals surface area contributed by atoms with Gasteiger partial charge < -0.3 is 4.90 Å². The van der Waals surface area contributed by atoms with Crippen molar-refractivity contribution < 1.29 is 4.39 Å². The van der Waals surface area contributed by atoms with E-state index >= 15 is 0 Å². The molecule has 2 aromatic rings. The third-order valence-electron chi connectivity index (χ3n) is 5.18. The summed E-state index contributed by atoms with van der Waals surface area (Å²) in [6, 6.07) is 9.49. The van der Waals surface area contributed by atoms with Crippen molar-refractivity contribution in [2.75, 3.05) is 44.2 Å². The highest BCUT2D eigenvalue weighted by Gasteiger charge is 2.33. The Morgan fingerprint density at radius 2 is 1.76 bits per heavy atom. The van der Waals surface area contributed by atoms with Gasteiger partial charge in [0.1, 0.15) is 11.6 Å². The van der Waals surface area contributed by atoms with Gasteiger partial charge in [-0.25, -0.2) is 14.4 Å². The van der Waals surface area contributed by atoms with Gasteiger partial charge in [-0.3, -0.25) is 9.80 Å². The Kier molecular flexibility index (Phi) is 4.63. The summed E-state index contributed by atoms with van der Waals surface area (Å²) in [4.78, 5) is 16.0. The maximum absolute atomic E-state index is 13.1. The van der Waals surface area contributed by atoms with Gasteiger partial charge >= 0.3 is 0 Å². The molecule has 0 unspecified atom stereocenters. The van der Waals surface area contributed by atoms with E-state index in [0.717, 1.165) is 63.0 Å². The van der Waals surface area contributed by atoms with Crippen LogP contribution < -0.4 is 4.90 Å². The first kappa shape index (κ1) is 16.4. The van der Waals surface area contributed by atoms with Crippen molar-refractivity contribution in [2.45, 2.75) is 19.5 Å². The van der Waals surface area contributed by atoms with Gasteiger partial charge in [-0.05, 0) is 37.3 Å². The van der Waals surface area contributed by atoms with Crippen molar-refractivity contribution in [1.29, 1.82) is 0 Å². The first-order chi connectivity index (χ1) is 12.2. The molecule has 2 saturated heterocycles. The molecule has 0 N–H and O–H groups in total. The third-order valence-corrected chi connectivity index (χ3v) is 5.18. The van der Waals surface area contributed by atoms with Crippen molar-refractivity contribution >= 4 is 5.69 Å². The molecule has 25 heavy (non-hydrogen) atoms. The molecule has 1 aromatic heterocycles. The van der Waals surface area contributed by atoms with E-state index in [9.17, 15) is 4.39 Å². The Morgan fingerprint density at radius 1 is 1.04 bits per heavy atom. The second kappa shape index (κ2) is 7.06. The molecule has 0 atom stereocenters. The summed E-state index contributed by atoms with van der Waals surface area (Å²) in [6.07, 6.45) is 1.84. The Hall–Kier alpha value is -2.05. The lowest BCUT2D eigenvalue weighted by Gasteiger charge is -2.48. The predicted octanol–water partition coefficient (Wildman–Crippen LogP) is 1.93. The first-order valence-electron chi connectivity index (χ1n) is 8.93. The number of hydrogen-bond acceptors (Lipinski definition) is 5. The number of rotatable bonds is 4. The first-order valence-corrected chi connectivity index (χ1v) is 8.93. The van der Waals surface area contributed by atoms with E-state index in [-0.39, 0.29) is 5.82 Å². The zero-order valence-corrected chi connectivity index (χ0v) is 14.6. The molecule has 0 amide bonds. The zero-order chi connectivity index (χ0) is 17.2. The van der Waals surface area contributed by atoms with Gasteiger partial charge in [-0.2, -0.15) is 0 Å². The molecule has 4 rings (SSSR count). The van der Waals surface area contributed by atoms with Gasteiger partial charge in [0, 0.05) is 63.7 Å². The monoisotopic (exact) mass is 341 g/mol. The molecule has 132 valence electrons. The standard InChI is InChI=1S/C19H24FN5/c1-15-21-7-6-17(22-15)12-23-13-19(14-23)25-10-8-24(9-11-25)18-4-2-16(20)3-5-18/h2-7,19H,8-14H2,1H3. The molecule has 2 fully saturated rings. The smallest absolute Gasteiger partial charge is 0.125 e. The molecule has 0 bridgehead atoms. The van der Waals surface area contributed by atoms with E-state index in [2.05, 4.69) is 24.7 Å². The van der Waals surface area contributed by atoms with E-state index in [4.69, 9.17) is 0 Å². The maximum Gasteiger partial charge on any atom is 0.125 e. The van der Waals surface area contributed by atoms with Crippen molar-refractivity contribution in [1.82, 2.24) is 19.8 Å². The molecule has 0 aliphatic carbocycles. The Balaban J connectivity index is 1.24. The fourth-order valence-electron chi connectivity index (χ4n) is 3.72. The number of halogens is 1. The third kappa shape index (κ3) is 3.80. The molecular weight excluding hydrogens is 317 g/mol. The minimum absolute atomic E-state index is 0.171. The number of piperazine rings is 1. The Labute approximate surface area is 148 Å². The number of nitrogens with zero attached hydrogens (tertiary/aromatic N) is 5. The van der Waals surface area contributed by atoms with E-state index in [1.165, 1.54) is 0 Å². The number of anilines is 1. The quantitative estimate of drug-likeness (QED) is 0.849. The van der Waals surface area contributed by atoms with Crippen LogP contribution in [-0.2, 0) is 6.54 Å². The van der Waals surface area contributed by atoms with Gasteiger partial charge in [-0.1, -0.05) is 0 Å². The molecule has 0 radical (unpaired) electrons. The topological polar surface area (TPSA) is 35.5 Å². The van der Waals surface area contributed by atoms with E-state index < -0.39 is 0 Å². The van der Waals surface area contributed by atoms with Crippen molar-refractivity contribution in [3.8, 4) is 0 Å². The highest BCUT2D eigenvalue weighted by molar-refractivity contribution is 5.46. The maximum atomic E-state index is 13.1. The van der Waals surface area contributed by atoms with Crippen LogP contribution in [0.5, 0.6) is 0 Å². The predicted molar refractivity (Wildman–Crippen MR) is 96.0 cm³/mol. The Bertz CT molecular complexity index is 706. The minimum Gasteiger partial charge on any atom is -0.369 e. The van der Waals surface area contributed by atoms with Gasteiger partial charge in [0.2, 0.25) is 0 Å². The zero-order valence-electron chi connectivity index (χ0n) is 14.6. The van der Waals surface area contributed by atoms with Crippen LogP contribution in [0.25, 0.3) is 0 Å². The summed E-state index contributed by atoms with van der Waals surface area (Å²) in [7, 11) is 0. The van der Waals surface area contributed by atoms with Crippen LogP contribution in [0.4, 0.5) is 10.1 Å². The molecule has 1 aromatic carbocycles. The molecule has 0 spiro atoms. The van der Waals surface area contributed by atoms with Crippen LogP contribution in [0, 0.1) is 12.7 Å².